The number of pyridine rings is 1. The van der Waals surface area contributed by atoms with E-state index in [0.29, 0.717) is 5.82 Å². The first-order valence-corrected chi connectivity index (χ1v) is 14.4. The summed E-state index contributed by atoms with van der Waals surface area (Å²) >= 11 is 1.80. The molecule has 0 bridgehead atoms. The molecule has 5 aromatic carbocycles. The molecule has 0 saturated carbocycles. The number of hydrogen-bond donors (Lipinski definition) is 0. The molecule has 4 heteroatoms. The minimum atomic E-state index is 0.705. The molecule has 41 heavy (non-hydrogen) atoms. The number of para-hydroxylation sites is 1. The smallest absolute Gasteiger partial charge is 0.161 e. The van der Waals surface area contributed by atoms with E-state index in [1.54, 1.807) is 11.3 Å². The Bertz CT molecular complexity index is 2140. The highest BCUT2D eigenvalue weighted by Crippen LogP contribution is 2.45. The fourth-order valence-corrected chi connectivity index (χ4v) is 6.80. The van der Waals surface area contributed by atoms with Crippen molar-refractivity contribution in [2.75, 3.05) is 0 Å². The molecule has 0 spiro atoms. The molecule has 0 aliphatic rings. The van der Waals surface area contributed by atoms with Gasteiger partial charge < -0.3 is 0 Å². The van der Waals surface area contributed by atoms with E-state index in [4.69, 9.17) is 15.0 Å². The van der Waals surface area contributed by atoms with Gasteiger partial charge in [-0.05, 0) is 23.8 Å². The molecule has 8 rings (SSSR count). The van der Waals surface area contributed by atoms with Crippen molar-refractivity contribution < 1.29 is 0 Å². The van der Waals surface area contributed by atoms with Gasteiger partial charge in [0.15, 0.2) is 5.82 Å². The van der Waals surface area contributed by atoms with E-state index in [0.717, 1.165) is 50.1 Å². The van der Waals surface area contributed by atoms with Crippen LogP contribution in [0, 0.1) is 0 Å². The number of nitrogens with zero attached hydrogens (tertiary/aromatic N) is 3. The molecule has 3 nitrogen and oxygen atoms in total. The fraction of sp³-hybridized carbons (Fsp3) is 0. The lowest BCUT2D eigenvalue weighted by Crippen LogP contribution is -1.98. The van der Waals surface area contributed by atoms with Gasteiger partial charge >= 0.3 is 0 Å². The minimum Gasteiger partial charge on any atom is -0.246 e. The standard InChI is InChI=1S/C37H23N3S/c1-3-13-24(14-4-1)31-23-32(25-15-5-2-6-16-25)40-37(39-31)27-18-8-7-17-26(27)34-28-19-9-11-21-30(28)38-35-29-20-10-12-22-33(29)41-36(34)35/h1-23H. The van der Waals surface area contributed by atoms with E-state index in [1.807, 2.05) is 12.1 Å². The lowest BCUT2D eigenvalue weighted by atomic mass is 9.95. The van der Waals surface area contributed by atoms with Crippen LogP contribution < -0.4 is 0 Å². The summed E-state index contributed by atoms with van der Waals surface area (Å²) in [7, 11) is 0. The molecular weight excluding hydrogens is 518 g/mol. The zero-order valence-corrected chi connectivity index (χ0v) is 22.8. The molecule has 0 unspecified atom stereocenters. The monoisotopic (exact) mass is 541 g/mol. The van der Waals surface area contributed by atoms with Crippen molar-refractivity contribution in [2.45, 2.75) is 0 Å². The molecule has 0 atom stereocenters. The molecule has 0 fully saturated rings. The Hall–Kier alpha value is -5.19. The molecule has 0 aliphatic heterocycles. The van der Waals surface area contributed by atoms with Gasteiger partial charge in [-0.1, -0.05) is 121 Å². The van der Waals surface area contributed by atoms with Gasteiger partial charge in [0.1, 0.15) is 0 Å². The van der Waals surface area contributed by atoms with Crippen molar-refractivity contribution in [3.05, 3.63) is 140 Å². The summed E-state index contributed by atoms with van der Waals surface area (Å²) in [5.74, 6) is 0.705. The summed E-state index contributed by atoms with van der Waals surface area (Å²) in [6, 6.07) is 48.2. The van der Waals surface area contributed by atoms with Crippen molar-refractivity contribution in [2.24, 2.45) is 0 Å². The quantitative estimate of drug-likeness (QED) is 0.222. The molecule has 0 radical (unpaired) electrons. The van der Waals surface area contributed by atoms with E-state index in [9.17, 15) is 0 Å². The van der Waals surface area contributed by atoms with Crippen LogP contribution in [0.15, 0.2) is 140 Å². The van der Waals surface area contributed by atoms with E-state index in [2.05, 4.69) is 127 Å². The van der Waals surface area contributed by atoms with Gasteiger partial charge in [0.2, 0.25) is 0 Å². The Morgan fingerprint density at radius 1 is 0.463 bits per heavy atom. The largest absolute Gasteiger partial charge is 0.246 e. The van der Waals surface area contributed by atoms with Crippen LogP contribution in [0.1, 0.15) is 0 Å². The van der Waals surface area contributed by atoms with Crippen LogP contribution in [0.3, 0.4) is 0 Å². The number of fused-ring (bicyclic) bond motifs is 4. The van der Waals surface area contributed by atoms with E-state index in [-0.39, 0.29) is 0 Å². The highest BCUT2D eigenvalue weighted by Gasteiger charge is 2.20. The molecule has 3 aromatic heterocycles. The van der Waals surface area contributed by atoms with Crippen LogP contribution in [0.4, 0.5) is 0 Å². The van der Waals surface area contributed by atoms with Gasteiger partial charge in [-0.15, -0.1) is 11.3 Å². The van der Waals surface area contributed by atoms with E-state index in [1.165, 1.54) is 20.3 Å². The number of thiophene rings is 1. The van der Waals surface area contributed by atoms with Gasteiger partial charge in [0.05, 0.1) is 27.1 Å². The number of benzene rings is 5. The first-order valence-electron chi connectivity index (χ1n) is 13.6. The maximum absolute atomic E-state index is 5.17. The molecule has 3 heterocycles. The predicted octanol–water partition coefficient (Wildman–Crippen LogP) is 10.1. The predicted molar refractivity (Wildman–Crippen MR) is 172 cm³/mol. The Morgan fingerprint density at radius 2 is 1.02 bits per heavy atom. The third kappa shape index (κ3) is 4.08. The van der Waals surface area contributed by atoms with Crippen molar-refractivity contribution in [3.63, 3.8) is 0 Å². The maximum Gasteiger partial charge on any atom is 0.161 e. The molecular formula is C37H23N3S. The number of aromatic nitrogens is 3. The second kappa shape index (κ2) is 9.77. The summed E-state index contributed by atoms with van der Waals surface area (Å²) in [5, 5.41) is 2.31. The first kappa shape index (κ1) is 23.7. The average Bonchev–Trinajstić information content (AvgIpc) is 3.42. The first-order chi connectivity index (χ1) is 20.3. The fourth-order valence-electron chi connectivity index (χ4n) is 5.58. The average molecular weight is 542 g/mol. The summed E-state index contributed by atoms with van der Waals surface area (Å²) < 4.78 is 2.41. The van der Waals surface area contributed by atoms with Gasteiger partial charge in [0.25, 0.3) is 0 Å². The summed E-state index contributed by atoms with van der Waals surface area (Å²) in [4.78, 5) is 15.5. The summed E-state index contributed by atoms with van der Waals surface area (Å²) in [5.41, 5.74) is 9.22. The van der Waals surface area contributed by atoms with Crippen LogP contribution in [0.2, 0.25) is 0 Å². The molecule has 0 saturated heterocycles. The second-order valence-electron chi connectivity index (χ2n) is 10.0. The highest BCUT2D eigenvalue weighted by molar-refractivity contribution is 7.26. The molecule has 0 aliphatic carbocycles. The minimum absolute atomic E-state index is 0.705. The second-order valence-corrected chi connectivity index (χ2v) is 11.1. The third-order valence-corrected chi connectivity index (χ3v) is 8.68. The zero-order valence-electron chi connectivity index (χ0n) is 22.0. The normalized spacial score (nSPS) is 11.4. The third-order valence-electron chi connectivity index (χ3n) is 7.50. The Balaban J connectivity index is 1.44. The van der Waals surface area contributed by atoms with Gasteiger partial charge in [-0.2, -0.15) is 0 Å². The van der Waals surface area contributed by atoms with Gasteiger partial charge in [0, 0.05) is 37.7 Å². The maximum atomic E-state index is 5.17. The van der Waals surface area contributed by atoms with Gasteiger partial charge in [-0.25, -0.2) is 15.0 Å². The summed E-state index contributed by atoms with van der Waals surface area (Å²) in [6.07, 6.45) is 0. The van der Waals surface area contributed by atoms with E-state index >= 15 is 0 Å². The van der Waals surface area contributed by atoms with Crippen LogP contribution in [-0.2, 0) is 0 Å². The topological polar surface area (TPSA) is 38.7 Å². The molecule has 8 aromatic rings. The van der Waals surface area contributed by atoms with Crippen molar-refractivity contribution in [1.82, 2.24) is 15.0 Å². The zero-order chi connectivity index (χ0) is 27.2. The molecule has 0 N–H and O–H groups in total. The number of rotatable bonds is 4. The van der Waals surface area contributed by atoms with Crippen LogP contribution in [0.5, 0.6) is 0 Å². The lowest BCUT2D eigenvalue weighted by molar-refractivity contribution is 1.18. The van der Waals surface area contributed by atoms with Crippen LogP contribution >= 0.6 is 11.3 Å². The lowest BCUT2D eigenvalue weighted by Gasteiger charge is -2.15. The van der Waals surface area contributed by atoms with Crippen molar-refractivity contribution in [3.8, 4) is 45.0 Å². The molecule has 0 amide bonds. The number of hydrogen-bond acceptors (Lipinski definition) is 4. The Kier molecular flexibility index (Phi) is 5.64. The summed E-state index contributed by atoms with van der Waals surface area (Å²) in [6.45, 7) is 0. The SMILES string of the molecule is c1ccc(-c2cc(-c3ccccc3)nc(-c3ccccc3-c3c4ccccc4nc4c3sc3ccccc34)n2)cc1. The van der Waals surface area contributed by atoms with Crippen LogP contribution in [0.25, 0.3) is 76.2 Å². The van der Waals surface area contributed by atoms with E-state index < -0.39 is 0 Å². The van der Waals surface area contributed by atoms with Gasteiger partial charge in [-0.3, -0.25) is 0 Å². The Morgan fingerprint density at radius 3 is 1.73 bits per heavy atom. The Labute approximate surface area is 241 Å². The van der Waals surface area contributed by atoms with Crippen molar-refractivity contribution >= 4 is 42.5 Å². The van der Waals surface area contributed by atoms with Crippen molar-refractivity contribution in [1.29, 1.82) is 0 Å². The molecule has 192 valence electrons. The highest BCUT2D eigenvalue weighted by atomic mass is 32.1. The van der Waals surface area contributed by atoms with Crippen LogP contribution in [-0.4, -0.2) is 15.0 Å².